The van der Waals surface area contributed by atoms with Crippen molar-refractivity contribution < 1.29 is 62.2 Å². The Hall–Kier alpha value is -1.96. The van der Waals surface area contributed by atoms with Crippen LogP contribution in [0.4, 0.5) is 0 Å². The molecular weight excluding hydrogens is 789 g/mol. The van der Waals surface area contributed by atoms with Crippen molar-refractivity contribution in [2.75, 3.05) is 47.5 Å². The highest BCUT2D eigenvalue weighted by Gasteiger charge is 2.41. The van der Waals surface area contributed by atoms with Crippen LogP contribution < -0.4 is 4.89 Å². The van der Waals surface area contributed by atoms with Crippen LogP contribution in [0.15, 0.2) is 24.3 Å². The van der Waals surface area contributed by atoms with Crippen LogP contribution >= 0.6 is 7.82 Å². The third kappa shape index (κ3) is 30.1. The lowest BCUT2D eigenvalue weighted by Gasteiger charge is -2.28. The number of esters is 2. The molecular formula is C46H84NO12P. The number of Topliss-reactive ketones (excluding diaryl/α,β-unsaturated/α-hetero) is 1. The van der Waals surface area contributed by atoms with E-state index in [0.717, 1.165) is 44.9 Å². The number of rotatable bonds is 38. The van der Waals surface area contributed by atoms with E-state index in [1.165, 1.54) is 51.4 Å². The third-order valence-electron chi connectivity index (χ3n) is 10.9. The van der Waals surface area contributed by atoms with Crippen molar-refractivity contribution in [2.24, 2.45) is 11.8 Å². The van der Waals surface area contributed by atoms with Gasteiger partial charge in [0.15, 0.2) is 6.10 Å². The standard InChI is InChI=1S/C46H84NO12P/c1-6-8-10-11-12-13-14-15-16-17-18-19-20-21-23-28-45(52)56-36-40(37-58-60(54,55)57-33-32-47(3,4)5)59-46(53)29-25-24-27-39(49)34-42-41(43(50)35-44(42)51)31-30-38(48)26-22-9-7-2/h13-14,30-31,38,40-44,48,50-51H,6-12,15-29,32-37H2,1-5H3/b14-13-,31-30+/t38-,40+,41+,42+,43+,44-/m0/s1. The Morgan fingerprint density at radius 1 is 0.750 bits per heavy atom. The predicted molar refractivity (Wildman–Crippen MR) is 234 cm³/mol. The zero-order chi connectivity index (χ0) is 44.7. The Kier molecular flexibility index (Phi) is 31.4. The first-order chi connectivity index (χ1) is 28.6. The zero-order valence-corrected chi connectivity index (χ0v) is 38.9. The van der Waals surface area contributed by atoms with E-state index in [1.54, 1.807) is 12.2 Å². The smallest absolute Gasteiger partial charge is 0.306 e. The summed E-state index contributed by atoms with van der Waals surface area (Å²) in [6.45, 7) is 3.66. The topological polar surface area (TPSA) is 189 Å². The first-order valence-corrected chi connectivity index (χ1v) is 24.7. The van der Waals surface area contributed by atoms with Gasteiger partial charge in [-0.05, 0) is 51.4 Å². The number of likely N-dealkylation sites (N-methyl/N-ethyl adjacent to an activating group) is 1. The monoisotopic (exact) mass is 874 g/mol. The van der Waals surface area contributed by atoms with Crippen molar-refractivity contribution in [1.82, 2.24) is 0 Å². The van der Waals surface area contributed by atoms with Gasteiger partial charge in [0, 0.05) is 43.9 Å². The van der Waals surface area contributed by atoms with Gasteiger partial charge in [-0.2, -0.15) is 0 Å². The molecule has 1 unspecified atom stereocenters. The minimum absolute atomic E-state index is 0.0609. The molecule has 14 heteroatoms. The Bertz CT molecular complexity index is 1250. The lowest BCUT2D eigenvalue weighted by molar-refractivity contribution is -0.870. The fraction of sp³-hybridized carbons (Fsp3) is 0.848. The molecule has 350 valence electrons. The summed E-state index contributed by atoms with van der Waals surface area (Å²) < 4.78 is 33.8. The highest BCUT2D eigenvalue weighted by Crippen LogP contribution is 2.39. The Labute approximate surface area is 362 Å². The third-order valence-corrected chi connectivity index (χ3v) is 11.9. The molecule has 0 spiro atoms. The number of aliphatic hydroxyl groups is 3. The molecule has 1 aliphatic carbocycles. The molecule has 0 heterocycles. The summed E-state index contributed by atoms with van der Waals surface area (Å²) in [5, 5.41) is 31.4. The average molecular weight is 874 g/mol. The Balaban J connectivity index is 2.52. The summed E-state index contributed by atoms with van der Waals surface area (Å²) in [6.07, 6.45) is 24.0. The van der Waals surface area contributed by atoms with Gasteiger partial charge in [-0.25, -0.2) is 0 Å². The number of ether oxygens (including phenoxy) is 2. The van der Waals surface area contributed by atoms with Gasteiger partial charge in [-0.1, -0.05) is 109 Å². The summed E-state index contributed by atoms with van der Waals surface area (Å²) in [4.78, 5) is 50.7. The first kappa shape index (κ1) is 56.1. The van der Waals surface area contributed by atoms with Gasteiger partial charge in [0.1, 0.15) is 25.5 Å². The molecule has 0 radical (unpaired) electrons. The molecule has 13 nitrogen and oxygen atoms in total. The van der Waals surface area contributed by atoms with Crippen LogP contribution in [0.5, 0.6) is 0 Å². The summed E-state index contributed by atoms with van der Waals surface area (Å²) in [5.41, 5.74) is 0. The molecule has 3 N–H and O–H groups in total. The van der Waals surface area contributed by atoms with Crippen LogP contribution in [0.2, 0.25) is 0 Å². The van der Waals surface area contributed by atoms with Crippen molar-refractivity contribution in [3.63, 3.8) is 0 Å². The maximum absolute atomic E-state index is 12.9. The van der Waals surface area contributed by atoms with Gasteiger partial charge in [-0.3, -0.25) is 18.9 Å². The highest BCUT2D eigenvalue weighted by molar-refractivity contribution is 7.45. The number of carbonyl (C=O) groups excluding carboxylic acids is 3. The van der Waals surface area contributed by atoms with Crippen molar-refractivity contribution in [1.29, 1.82) is 0 Å². The van der Waals surface area contributed by atoms with Gasteiger partial charge < -0.3 is 43.2 Å². The minimum Gasteiger partial charge on any atom is -0.756 e. The Morgan fingerprint density at radius 2 is 1.32 bits per heavy atom. The molecule has 0 aromatic heterocycles. The number of ketones is 1. The van der Waals surface area contributed by atoms with E-state index < -0.39 is 62.6 Å². The van der Waals surface area contributed by atoms with E-state index >= 15 is 0 Å². The molecule has 0 aromatic carbocycles. The fourth-order valence-electron chi connectivity index (χ4n) is 7.17. The van der Waals surface area contributed by atoms with Crippen LogP contribution in [0.1, 0.15) is 168 Å². The summed E-state index contributed by atoms with van der Waals surface area (Å²) in [6, 6.07) is 0. The predicted octanol–water partition coefficient (Wildman–Crippen LogP) is 8.06. The van der Waals surface area contributed by atoms with Crippen LogP contribution in [-0.2, 0) is 37.5 Å². The number of carbonyl (C=O) groups is 3. The molecule has 60 heavy (non-hydrogen) atoms. The number of hydrogen-bond acceptors (Lipinski definition) is 12. The molecule has 0 aliphatic heterocycles. The van der Waals surface area contributed by atoms with Gasteiger partial charge >= 0.3 is 11.9 Å². The fourth-order valence-corrected chi connectivity index (χ4v) is 7.90. The largest absolute Gasteiger partial charge is 0.756 e. The maximum Gasteiger partial charge on any atom is 0.306 e. The molecule has 0 bridgehead atoms. The van der Waals surface area contributed by atoms with Crippen LogP contribution in [-0.4, -0.2) is 109 Å². The number of nitrogens with zero attached hydrogens (tertiary/aromatic N) is 1. The first-order valence-electron chi connectivity index (χ1n) is 23.2. The van der Waals surface area contributed by atoms with Crippen LogP contribution in [0, 0.1) is 11.8 Å². The maximum atomic E-state index is 12.9. The highest BCUT2D eigenvalue weighted by atomic mass is 31.2. The number of phosphoric acid groups is 1. The van der Waals surface area contributed by atoms with Crippen molar-refractivity contribution >= 4 is 25.5 Å². The van der Waals surface area contributed by atoms with Gasteiger partial charge in [-0.15, -0.1) is 0 Å². The van der Waals surface area contributed by atoms with Gasteiger partial charge in [0.2, 0.25) is 0 Å². The Morgan fingerprint density at radius 3 is 1.97 bits per heavy atom. The number of allylic oxidation sites excluding steroid dienone is 2. The molecule has 1 aliphatic rings. The molecule has 1 saturated carbocycles. The van der Waals surface area contributed by atoms with E-state index in [9.17, 15) is 39.2 Å². The van der Waals surface area contributed by atoms with E-state index in [0.29, 0.717) is 36.7 Å². The number of phosphoric ester groups is 1. The van der Waals surface area contributed by atoms with E-state index in [-0.39, 0.29) is 51.1 Å². The zero-order valence-electron chi connectivity index (χ0n) is 38.0. The molecule has 7 atom stereocenters. The summed E-state index contributed by atoms with van der Waals surface area (Å²) >= 11 is 0. The second-order valence-electron chi connectivity index (χ2n) is 17.7. The van der Waals surface area contributed by atoms with Crippen molar-refractivity contribution in [2.45, 2.75) is 192 Å². The van der Waals surface area contributed by atoms with Crippen LogP contribution in [0.25, 0.3) is 0 Å². The molecule has 0 amide bonds. The summed E-state index contributed by atoms with van der Waals surface area (Å²) in [5.74, 6) is -2.14. The van der Waals surface area contributed by atoms with Crippen molar-refractivity contribution in [3.8, 4) is 0 Å². The van der Waals surface area contributed by atoms with Crippen molar-refractivity contribution in [3.05, 3.63) is 24.3 Å². The average Bonchev–Trinajstić information content (AvgIpc) is 3.44. The second-order valence-corrected chi connectivity index (χ2v) is 19.1. The molecule has 1 rings (SSSR count). The van der Waals surface area contributed by atoms with E-state index in [2.05, 4.69) is 26.0 Å². The summed E-state index contributed by atoms with van der Waals surface area (Å²) in [7, 11) is 0.936. The lowest BCUT2D eigenvalue weighted by Crippen LogP contribution is -2.37. The SMILES string of the molecule is CCCCCC/C=C\CCCCCCCCCC(=O)OC[C@H](COP(=O)([O-])OCC[N+](C)(C)C)OC(=O)CCCCC(=O)C[C@@H]1[C@@H](/C=C/[C@@H](O)CCCCC)[C@H](O)C[C@@H]1O. The van der Waals surface area contributed by atoms with Gasteiger partial charge in [0.25, 0.3) is 7.82 Å². The lowest BCUT2D eigenvalue weighted by atomic mass is 9.87. The quantitative estimate of drug-likeness (QED) is 0.0178. The number of quaternary nitrogens is 1. The molecule has 0 saturated heterocycles. The number of aliphatic hydroxyl groups excluding tert-OH is 3. The van der Waals surface area contributed by atoms with E-state index in [4.69, 9.17) is 18.5 Å². The van der Waals surface area contributed by atoms with E-state index in [1.807, 2.05) is 21.1 Å². The number of unbranched alkanes of at least 4 members (excludes halogenated alkanes) is 14. The van der Waals surface area contributed by atoms with Crippen LogP contribution in [0.3, 0.4) is 0 Å². The normalized spacial score (nSPS) is 20.4. The van der Waals surface area contributed by atoms with Gasteiger partial charge in [0.05, 0.1) is 46.1 Å². The minimum atomic E-state index is -4.73. The number of hydrogen-bond donors (Lipinski definition) is 3. The second kappa shape index (κ2) is 33.6. The molecule has 1 fully saturated rings. The molecule has 0 aromatic rings.